The number of rotatable bonds is 20. The fourth-order valence-corrected chi connectivity index (χ4v) is 6.50. The highest BCUT2D eigenvalue weighted by atomic mass is 32.2. The van der Waals surface area contributed by atoms with Gasteiger partial charge in [-0.15, -0.1) is 23.5 Å². The number of carbonyl (C=O) groups excluding carboxylic acids is 2. The van der Waals surface area contributed by atoms with Crippen LogP contribution in [0.3, 0.4) is 0 Å². The second-order valence-electron chi connectivity index (χ2n) is 10.4. The minimum Gasteiger partial charge on any atom is -0.507 e. The van der Waals surface area contributed by atoms with Gasteiger partial charge in [-0.05, 0) is 73.3 Å². The molecule has 0 aromatic heterocycles. The third-order valence-corrected chi connectivity index (χ3v) is 9.37. The van der Waals surface area contributed by atoms with Gasteiger partial charge in [0.15, 0.2) is 0 Å². The van der Waals surface area contributed by atoms with Crippen LogP contribution in [0, 0.1) is 32.6 Å². The van der Waals surface area contributed by atoms with Crippen LogP contribution < -0.4 is 0 Å². The van der Waals surface area contributed by atoms with E-state index in [4.69, 9.17) is 9.47 Å². The Morgan fingerprint density at radius 2 is 1.11 bits per heavy atom. The van der Waals surface area contributed by atoms with E-state index in [9.17, 15) is 14.7 Å². The molecule has 7 heteroatoms. The molecule has 0 aliphatic heterocycles. The summed E-state index contributed by atoms with van der Waals surface area (Å²) in [6.07, 6.45) is 8.91. The molecule has 0 spiro atoms. The lowest BCUT2D eigenvalue weighted by molar-refractivity contribution is -0.142. The molecule has 5 nitrogen and oxygen atoms in total. The van der Waals surface area contributed by atoms with Crippen molar-refractivity contribution in [2.75, 3.05) is 24.7 Å². The Labute approximate surface area is 240 Å². The van der Waals surface area contributed by atoms with Gasteiger partial charge in [-0.1, -0.05) is 66.2 Å². The maximum atomic E-state index is 12.3. The highest BCUT2D eigenvalue weighted by Gasteiger charge is 2.18. The standard InChI is InChI=1S/C31H52O5S2/c1-8-12-14-25(10-3)16-35-29(32)20-37-18-27-22(5)28(24(7)31(34)23(27)6)19-38-21-30(33)36-17-26(11-4)15-13-9-2/h25-26,34H,8-21H2,1-7H3. The van der Waals surface area contributed by atoms with Crippen molar-refractivity contribution < 1.29 is 24.2 Å². The first-order valence-electron chi connectivity index (χ1n) is 14.5. The number of esters is 2. The van der Waals surface area contributed by atoms with E-state index in [2.05, 4.69) is 34.6 Å². The van der Waals surface area contributed by atoms with Crippen LogP contribution in [0.4, 0.5) is 0 Å². The van der Waals surface area contributed by atoms with E-state index in [1.54, 1.807) is 0 Å². The van der Waals surface area contributed by atoms with Crippen molar-refractivity contribution in [2.45, 2.75) is 111 Å². The van der Waals surface area contributed by atoms with Gasteiger partial charge in [0.2, 0.25) is 0 Å². The van der Waals surface area contributed by atoms with Gasteiger partial charge in [0.05, 0.1) is 24.7 Å². The van der Waals surface area contributed by atoms with E-state index in [-0.39, 0.29) is 11.9 Å². The van der Waals surface area contributed by atoms with E-state index >= 15 is 0 Å². The molecule has 0 aliphatic carbocycles. The Bertz CT molecular complexity index is 790. The summed E-state index contributed by atoms with van der Waals surface area (Å²) in [5, 5.41) is 10.8. The smallest absolute Gasteiger partial charge is 0.315 e. The fraction of sp³-hybridized carbons (Fsp3) is 0.742. The maximum absolute atomic E-state index is 12.3. The zero-order chi connectivity index (χ0) is 28.5. The Morgan fingerprint density at radius 3 is 1.45 bits per heavy atom. The molecule has 1 aromatic carbocycles. The Morgan fingerprint density at radius 1 is 0.711 bits per heavy atom. The molecule has 0 fully saturated rings. The number of ether oxygens (including phenoxy) is 2. The average molecular weight is 569 g/mol. The van der Waals surface area contributed by atoms with Crippen molar-refractivity contribution >= 4 is 35.5 Å². The fourth-order valence-electron chi connectivity index (χ4n) is 4.52. The summed E-state index contributed by atoms with van der Waals surface area (Å²) in [7, 11) is 0. The lowest BCUT2D eigenvalue weighted by Gasteiger charge is -2.19. The van der Waals surface area contributed by atoms with Crippen LogP contribution in [0.25, 0.3) is 0 Å². The Hall–Kier alpha value is -1.34. The van der Waals surface area contributed by atoms with E-state index in [1.807, 2.05) is 13.8 Å². The van der Waals surface area contributed by atoms with Crippen molar-refractivity contribution in [1.82, 2.24) is 0 Å². The molecule has 2 atom stereocenters. The number of benzene rings is 1. The minimum atomic E-state index is -0.175. The van der Waals surface area contributed by atoms with E-state index < -0.39 is 0 Å². The van der Waals surface area contributed by atoms with Gasteiger partial charge in [0.1, 0.15) is 5.75 Å². The molecular weight excluding hydrogens is 516 g/mol. The van der Waals surface area contributed by atoms with Crippen LogP contribution in [0.15, 0.2) is 0 Å². The van der Waals surface area contributed by atoms with E-state index in [1.165, 1.54) is 36.4 Å². The molecular formula is C31H52O5S2. The largest absolute Gasteiger partial charge is 0.507 e. The molecule has 0 aliphatic rings. The van der Waals surface area contributed by atoms with E-state index in [0.29, 0.717) is 53.8 Å². The van der Waals surface area contributed by atoms with Gasteiger partial charge in [-0.25, -0.2) is 0 Å². The first-order valence-corrected chi connectivity index (χ1v) is 16.8. The molecule has 2 unspecified atom stereocenters. The van der Waals surface area contributed by atoms with Gasteiger partial charge in [0.25, 0.3) is 0 Å². The predicted octanol–water partition coefficient (Wildman–Crippen LogP) is 8.30. The Kier molecular flexibility index (Phi) is 18.0. The number of phenols is 1. The van der Waals surface area contributed by atoms with Gasteiger partial charge in [0, 0.05) is 11.5 Å². The van der Waals surface area contributed by atoms with Crippen LogP contribution >= 0.6 is 23.5 Å². The van der Waals surface area contributed by atoms with Crippen molar-refractivity contribution in [3.63, 3.8) is 0 Å². The van der Waals surface area contributed by atoms with Crippen LogP contribution in [0.1, 0.15) is 107 Å². The summed E-state index contributed by atoms with van der Waals surface area (Å²) < 4.78 is 11.1. The predicted molar refractivity (Wildman–Crippen MR) is 163 cm³/mol. The highest BCUT2D eigenvalue weighted by molar-refractivity contribution is 7.99. The van der Waals surface area contributed by atoms with Crippen molar-refractivity contribution in [3.05, 3.63) is 27.8 Å². The molecule has 0 heterocycles. The topological polar surface area (TPSA) is 72.8 Å². The second kappa shape index (κ2) is 19.7. The number of thioether (sulfide) groups is 2. The average Bonchev–Trinajstić information content (AvgIpc) is 2.91. The highest BCUT2D eigenvalue weighted by Crippen LogP contribution is 2.36. The monoisotopic (exact) mass is 568 g/mol. The normalized spacial score (nSPS) is 12.8. The minimum absolute atomic E-state index is 0.175. The van der Waals surface area contributed by atoms with Gasteiger partial charge >= 0.3 is 11.9 Å². The summed E-state index contributed by atoms with van der Waals surface area (Å²) >= 11 is 3.04. The molecule has 1 N–H and O–H groups in total. The molecule has 0 saturated carbocycles. The number of phenolic OH excluding ortho intramolecular Hbond substituents is 1. The Balaban J connectivity index is 2.64. The number of aromatic hydroxyl groups is 1. The molecule has 1 rings (SSSR count). The molecule has 0 radical (unpaired) electrons. The van der Waals surface area contributed by atoms with Gasteiger partial charge in [-0.3, -0.25) is 9.59 Å². The molecule has 218 valence electrons. The summed E-state index contributed by atoms with van der Waals surface area (Å²) in [6, 6.07) is 0. The zero-order valence-corrected chi connectivity index (χ0v) is 26.6. The summed E-state index contributed by atoms with van der Waals surface area (Å²) in [6.45, 7) is 15.6. The van der Waals surface area contributed by atoms with Crippen LogP contribution in [-0.2, 0) is 30.6 Å². The number of hydrogen-bond acceptors (Lipinski definition) is 7. The molecule has 38 heavy (non-hydrogen) atoms. The third-order valence-electron chi connectivity index (χ3n) is 7.50. The number of carbonyl (C=O) groups is 2. The van der Waals surface area contributed by atoms with E-state index in [0.717, 1.165) is 66.3 Å². The molecule has 1 aromatic rings. The summed E-state index contributed by atoms with van der Waals surface area (Å²) in [5.41, 5.74) is 4.95. The summed E-state index contributed by atoms with van der Waals surface area (Å²) in [4.78, 5) is 24.6. The lowest BCUT2D eigenvalue weighted by Crippen LogP contribution is -2.15. The first-order chi connectivity index (χ1) is 18.2. The molecule has 0 amide bonds. The quantitative estimate of drug-likeness (QED) is 0.159. The zero-order valence-electron chi connectivity index (χ0n) is 25.0. The van der Waals surface area contributed by atoms with Crippen molar-refractivity contribution in [1.29, 1.82) is 0 Å². The SMILES string of the molecule is CCCCC(CC)COC(=O)CSCc1c(C)c(O)c(C)c(CSCC(=O)OCC(CC)CCCC)c1C. The van der Waals surface area contributed by atoms with Crippen molar-refractivity contribution in [3.8, 4) is 5.75 Å². The van der Waals surface area contributed by atoms with Crippen LogP contribution in [0.2, 0.25) is 0 Å². The molecule has 0 saturated heterocycles. The molecule has 0 bridgehead atoms. The third kappa shape index (κ3) is 12.2. The number of hydrogen-bond donors (Lipinski definition) is 1. The first kappa shape index (κ1) is 34.7. The second-order valence-corrected chi connectivity index (χ2v) is 12.3. The lowest BCUT2D eigenvalue weighted by atomic mass is 9.94. The summed E-state index contributed by atoms with van der Waals surface area (Å²) in [5.74, 6) is 2.68. The van der Waals surface area contributed by atoms with Gasteiger partial charge in [-0.2, -0.15) is 0 Å². The number of unbranched alkanes of at least 4 members (excludes halogenated alkanes) is 2. The van der Waals surface area contributed by atoms with Gasteiger partial charge < -0.3 is 14.6 Å². The maximum Gasteiger partial charge on any atom is 0.315 e. The van der Waals surface area contributed by atoms with Crippen molar-refractivity contribution in [2.24, 2.45) is 11.8 Å². The van der Waals surface area contributed by atoms with Crippen LogP contribution in [0.5, 0.6) is 5.75 Å². The van der Waals surface area contributed by atoms with Crippen LogP contribution in [-0.4, -0.2) is 41.8 Å².